The number of nitrogens with zero attached hydrogens (tertiary/aromatic N) is 2. The van der Waals surface area contributed by atoms with Gasteiger partial charge in [0, 0.05) is 43.0 Å². The topological polar surface area (TPSA) is 54.5 Å². The first kappa shape index (κ1) is 22.7. The second kappa shape index (κ2) is 9.57. The average Bonchev–Trinajstić information content (AvgIpc) is 2.68. The molecule has 5 nitrogen and oxygen atoms in total. The number of rotatable bonds is 6. The Hall–Kier alpha value is -2.47. The number of pyridine rings is 1. The summed E-state index contributed by atoms with van der Waals surface area (Å²) in [5, 5.41) is 2.99. The molecule has 0 radical (unpaired) electrons. The van der Waals surface area contributed by atoms with E-state index in [2.05, 4.69) is 15.2 Å². The van der Waals surface area contributed by atoms with E-state index in [1.165, 1.54) is 6.42 Å². The largest absolute Gasteiger partial charge is 0.372 e. The van der Waals surface area contributed by atoms with Crippen molar-refractivity contribution >= 4 is 11.6 Å². The first-order chi connectivity index (χ1) is 15.3. The lowest BCUT2D eigenvalue weighted by molar-refractivity contribution is -0.122. The summed E-state index contributed by atoms with van der Waals surface area (Å²) in [7, 11) is 0. The molecule has 32 heavy (non-hydrogen) atoms. The van der Waals surface area contributed by atoms with Crippen LogP contribution in [0.25, 0.3) is 11.1 Å². The molecule has 1 amide bonds. The van der Waals surface area contributed by atoms with E-state index in [9.17, 15) is 4.79 Å². The lowest BCUT2D eigenvalue weighted by atomic mass is 9.83. The minimum Gasteiger partial charge on any atom is -0.372 e. The summed E-state index contributed by atoms with van der Waals surface area (Å²) < 4.78 is 21.8. The van der Waals surface area contributed by atoms with Crippen LogP contribution < -0.4 is 10.2 Å². The van der Waals surface area contributed by atoms with Crippen molar-refractivity contribution in [3.05, 3.63) is 47.0 Å². The molecule has 2 fully saturated rings. The fraction of sp³-hybridized carbons (Fsp3) is 0.538. The Balaban J connectivity index is 1.67. The monoisotopic (exact) mass is 439 g/mol. The molecule has 6 heteroatoms. The van der Waals surface area contributed by atoms with Crippen LogP contribution in [0.3, 0.4) is 0 Å². The van der Waals surface area contributed by atoms with Crippen LogP contribution in [0.15, 0.2) is 24.3 Å². The Morgan fingerprint density at radius 3 is 2.41 bits per heavy atom. The van der Waals surface area contributed by atoms with E-state index in [1.54, 1.807) is 0 Å². The minimum absolute atomic E-state index is 0.00107. The summed E-state index contributed by atoms with van der Waals surface area (Å²) in [5.74, 6) is 0.216. The number of nitrogens with one attached hydrogen (secondary N) is 1. The molecule has 1 aliphatic heterocycles. The van der Waals surface area contributed by atoms with Crippen LogP contribution >= 0.6 is 0 Å². The Kier molecular flexibility index (Phi) is 6.79. The van der Waals surface area contributed by atoms with Gasteiger partial charge in [-0.25, -0.2) is 4.39 Å². The maximum Gasteiger partial charge on any atom is 0.220 e. The summed E-state index contributed by atoms with van der Waals surface area (Å²) in [6.07, 6.45) is 4.04. The van der Waals surface area contributed by atoms with Gasteiger partial charge < -0.3 is 15.0 Å². The third kappa shape index (κ3) is 5.12. The van der Waals surface area contributed by atoms with Crippen molar-refractivity contribution in [3.8, 4) is 11.1 Å². The highest BCUT2D eigenvalue weighted by Gasteiger charge is 2.27. The van der Waals surface area contributed by atoms with Gasteiger partial charge in [-0.3, -0.25) is 9.78 Å². The summed E-state index contributed by atoms with van der Waals surface area (Å²) in [6, 6.07) is 7.78. The molecule has 1 N–H and O–H groups in total. The quantitative estimate of drug-likeness (QED) is 0.694. The van der Waals surface area contributed by atoms with Gasteiger partial charge >= 0.3 is 0 Å². The Morgan fingerprint density at radius 2 is 1.81 bits per heavy atom. The molecule has 2 aliphatic rings. The SMILES string of the molecule is Cc1cc(-c2ccc(N3C[C@@H](C)O[C@@H](C)C3)c(F)c2CNC(=O)CC2CCC2)cc(C)n1. The van der Waals surface area contributed by atoms with Crippen molar-refractivity contribution in [2.45, 2.75) is 72.1 Å². The predicted molar refractivity (Wildman–Crippen MR) is 125 cm³/mol. The summed E-state index contributed by atoms with van der Waals surface area (Å²) >= 11 is 0. The maximum absolute atomic E-state index is 16.0. The zero-order chi connectivity index (χ0) is 22.8. The van der Waals surface area contributed by atoms with Crippen molar-refractivity contribution in [2.75, 3.05) is 18.0 Å². The van der Waals surface area contributed by atoms with Crippen molar-refractivity contribution in [1.82, 2.24) is 10.3 Å². The van der Waals surface area contributed by atoms with Crippen LogP contribution in [0.5, 0.6) is 0 Å². The van der Waals surface area contributed by atoms with Crippen molar-refractivity contribution in [3.63, 3.8) is 0 Å². The van der Waals surface area contributed by atoms with Crippen LogP contribution in [-0.4, -0.2) is 36.2 Å². The molecule has 0 spiro atoms. The molecule has 1 aromatic carbocycles. The van der Waals surface area contributed by atoms with Crippen LogP contribution in [-0.2, 0) is 16.1 Å². The lowest BCUT2D eigenvalue weighted by Gasteiger charge is -2.37. The fourth-order valence-electron chi connectivity index (χ4n) is 4.88. The van der Waals surface area contributed by atoms with Gasteiger partial charge in [0.1, 0.15) is 0 Å². The Labute approximate surface area is 190 Å². The van der Waals surface area contributed by atoms with E-state index < -0.39 is 0 Å². The summed E-state index contributed by atoms with van der Waals surface area (Å²) in [4.78, 5) is 19.0. The smallest absolute Gasteiger partial charge is 0.220 e. The molecule has 0 unspecified atom stereocenters. The van der Waals surface area contributed by atoms with Gasteiger partial charge in [0.2, 0.25) is 5.91 Å². The van der Waals surface area contributed by atoms with Crippen molar-refractivity contribution in [1.29, 1.82) is 0 Å². The van der Waals surface area contributed by atoms with Crippen LogP contribution in [0.2, 0.25) is 0 Å². The van der Waals surface area contributed by atoms with Gasteiger partial charge in [0.05, 0.1) is 17.9 Å². The third-order valence-corrected chi connectivity index (χ3v) is 6.54. The number of carbonyl (C=O) groups is 1. The van der Waals surface area contributed by atoms with E-state index >= 15 is 4.39 Å². The molecule has 1 aromatic heterocycles. The highest BCUT2D eigenvalue weighted by atomic mass is 19.1. The van der Waals surface area contributed by atoms with Crippen molar-refractivity contribution < 1.29 is 13.9 Å². The van der Waals surface area contributed by atoms with Gasteiger partial charge in [-0.1, -0.05) is 12.5 Å². The van der Waals surface area contributed by atoms with Gasteiger partial charge in [-0.15, -0.1) is 0 Å². The number of halogens is 1. The van der Waals surface area contributed by atoms with Crippen LogP contribution in [0, 0.1) is 25.6 Å². The van der Waals surface area contributed by atoms with Crippen LogP contribution in [0.1, 0.15) is 56.5 Å². The number of anilines is 1. The second-order valence-electron chi connectivity index (χ2n) is 9.50. The molecule has 0 bridgehead atoms. The van der Waals surface area contributed by atoms with Gasteiger partial charge in [-0.05, 0) is 75.8 Å². The second-order valence-corrected chi connectivity index (χ2v) is 9.50. The van der Waals surface area contributed by atoms with E-state index in [1.807, 2.05) is 52.0 Å². The molecule has 172 valence electrons. The number of aromatic nitrogens is 1. The highest BCUT2D eigenvalue weighted by Crippen LogP contribution is 2.34. The number of ether oxygens (including phenoxy) is 1. The molecular formula is C26H34FN3O2. The summed E-state index contributed by atoms with van der Waals surface area (Å²) in [6.45, 7) is 9.37. The molecule has 1 aliphatic carbocycles. The molecule has 2 atom stereocenters. The van der Waals surface area contributed by atoms with Crippen LogP contribution in [0.4, 0.5) is 10.1 Å². The first-order valence-electron chi connectivity index (χ1n) is 11.7. The number of carbonyl (C=O) groups excluding carboxylic acids is 1. The summed E-state index contributed by atoms with van der Waals surface area (Å²) in [5.41, 5.74) is 4.61. The third-order valence-electron chi connectivity index (χ3n) is 6.54. The molecule has 4 rings (SSSR count). The average molecular weight is 440 g/mol. The molecule has 2 heterocycles. The number of amides is 1. The van der Waals surface area contributed by atoms with Gasteiger partial charge in [0.15, 0.2) is 5.82 Å². The number of hydrogen-bond donors (Lipinski definition) is 1. The highest BCUT2D eigenvalue weighted by molar-refractivity contribution is 5.77. The number of benzene rings is 1. The van der Waals surface area contributed by atoms with E-state index in [0.29, 0.717) is 36.7 Å². The molecular weight excluding hydrogens is 405 g/mol. The zero-order valence-electron chi connectivity index (χ0n) is 19.6. The van der Waals surface area contributed by atoms with Gasteiger partial charge in [0.25, 0.3) is 0 Å². The van der Waals surface area contributed by atoms with Crippen molar-refractivity contribution in [2.24, 2.45) is 5.92 Å². The zero-order valence-corrected chi connectivity index (χ0v) is 19.6. The predicted octanol–water partition coefficient (Wildman–Crippen LogP) is 4.92. The van der Waals surface area contributed by atoms with E-state index in [0.717, 1.165) is 35.4 Å². The number of hydrogen-bond acceptors (Lipinski definition) is 4. The lowest BCUT2D eigenvalue weighted by Crippen LogP contribution is -2.46. The van der Waals surface area contributed by atoms with Gasteiger partial charge in [-0.2, -0.15) is 0 Å². The maximum atomic E-state index is 16.0. The first-order valence-corrected chi connectivity index (χ1v) is 11.7. The fourth-order valence-corrected chi connectivity index (χ4v) is 4.88. The number of morpholine rings is 1. The van der Waals surface area contributed by atoms with E-state index in [4.69, 9.17) is 4.74 Å². The molecule has 2 aromatic rings. The minimum atomic E-state index is -0.264. The Bertz CT molecular complexity index is 959. The standard InChI is InChI=1S/C26H34FN3O2/c1-16-10-21(11-17(2)29-16)22-8-9-24(30-14-18(3)32-19(4)15-30)26(27)23(22)13-28-25(31)12-20-6-5-7-20/h8-11,18-20H,5-7,12-15H2,1-4H3,(H,28,31)/t18-,19+. The molecule has 1 saturated carbocycles. The molecule has 1 saturated heterocycles. The number of aryl methyl sites for hydroxylation is 2. The van der Waals surface area contributed by atoms with E-state index in [-0.39, 0.29) is 30.5 Å². The Morgan fingerprint density at radius 1 is 1.16 bits per heavy atom. The normalized spacial score (nSPS) is 21.3.